The Morgan fingerprint density at radius 3 is 2.15 bits per heavy atom. The van der Waals surface area contributed by atoms with E-state index in [1.165, 1.54) is 30.0 Å². The van der Waals surface area contributed by atoms with E-state index in [0.717, 1.165) is 12.3 Å². The van der Waals surface area contributed by atoms with Crippen LogP contribution in [0.4, 0.5) is 10.1 Å². The molecule has 1 N–H and O–H groups in total. The van der Waals surface area contributed by atoms with E-state index in [9.17, 15) is 22.4 Å². The smallest absolute Gasteiger partial charge is 0.244 e. The number of nitrogens with one attached hydrogen (secondary N) is 1. The zero-order valence-corrected chi connectivity index (χ0v) is 21.7. The third kappa shape index (κ3) is 7.32. The highest BCUT2D eigenvalue weighted by atomic mass is 35.5. The zero-order valence-electron chi connectivity index (χ0n) is 19.4. The maximum Gasteiger partial charge on any atom is 0.244 e. The molecule has 7 nitrogen and oxygen atoms in total. The summed E-state index contributed by atoms with van der Waals surface area (Å²) in [6.45, 7) is 4.90. The molecule has 2 rings (SSSR count). The van der Waals surface area contributed by atoms with E-state index in [2.05, 4.69) is 5.32 Å². The molecule has 0 spiro atoms. The van der Waals surface area contributed by atoms with Gasteiger partial charge >= 0.3 is 0 Å². The van der Waals surface area contributed by atoms with Crippen LogP contribution in [0.25, 0.3) is 0 Å². The van der Waals surface area contributed by atoms with E-state index >= 15 is 0 Å². The Morgan fingerprint density at radius 2 is 1.62 bits per heavy atom. The van der Waals surface area contributed by atoms with E-state index in [4.69, 9.17) is 23.2 Å². The summed E-state index contributed by atoms with van der Waals surface area (Å²) in [5.41, 5.74) is 0.130. The van der Waals surface area contributed by atoms with Gasteiger partial charge in [0.05, 0.1) is 11.9 Å². The summed E-state index contributed by atoms with van der Waals surface area (Å²) in [5, 5.41) is 3.34. The van der Waals surface area contributed by atoms with Crippen LogP contribution in [0.2, 0.25) is 10.0 Å². The molecule has 0 unspecified atom stereocenters. The molecule has 0 aliphatic rings. The quantitative estimate of drug-likeness (QED) is 0.500. The van der Waals surface area contributed by atoms with Crippen molar-refractivity contribution in [2.24, 2.45) is 5.92 Å². The van der Waals surface area contributed by atoms with Crippen molar-refractivity contribution in [1.29, 1.82) is 0 Å². The lowest BCUT2D eigenvalue weighted by Gasteiger charge is -2.32. The van der Waals surface area contributed by atoms with Gasteiger partial charge in [-0.05, 0) is 37.1 Å². The minimum absolute atomic E-state index is 0.150. The van der Waals surface area contributed by atoms with Gasteiger partial charge in [-0.2, -0.15) is 0 Å². The molecule has 0 bridgehead atoms. The summed E-state index contributed by atoms with van der Waals surface area (Å²) >= 11 is 12.6. The number of halogens is 3. The molecule has 0 saturated carbocycles. The Bertz CT molecular complexity index is 1120. The topological polar surface area (TPSA) is 86.8 Å². The van der Waals surface area contributed by atoms with E-state index in [0.29, 0.717) is 16.4 Å². The number of amides is 2. The number of hydrogen-bond acceptors (Lipinski definition) is 4. The minimum Gasteiger partial charge on any atom is -0.354 e. The first-order valence-electron chi connectivity index (χ1n) is 10.5. The first-order valence-corrected chi connectivity index (χ1v) is 13.2. The van der Waals surface area contributed by atoms with E-state index in [-0.39, 0.29) is 28.2 Å². The number of carbonyl (C=O) groups is 2. The van der Waals surface area contributed by atoms with Gasteiger partial charge in [0.15, 0.2) is 0 Å². The summed E-state index contributed by atoms with van der Waals surface area (Å²) in [5.74, 6) is -1.77. The van der Waals surface area contributed by atoms with Crippen LogP contribution in [-0.2, 0) is 26.2 Å². The number of carbonyl (C=O) groups excluding carboxylic acids is 2. The van der Waals surface area contributed by atoms with Crippen LogP contribution in [-0.4, -0.2) is 50.5 Å². The molecule has 0 aliphatic heterocycles. The third-order valence-electron chi connectivity index (χ3n) is 5.04. The van der Waals surface area contributed by atoms with Crippen LogP contribution >= 0.6 is 23.2 Å². The Morgan fingerprint density at radius 1 is 1.03 bits per heavy atom. The molecule has 186 valence electrons. The monoisotopic (exact) mass is 531 g/mol. The number of anilines is 1. The maximum absolute atomic E-state index is 14.4. The summed E-state index contributed by atoms with van der Waals surface area (Å²) in [6, 6.07) is 9.08. The van der Waals surface area contributed by atoms with Crippen molar-refractivity contribution < 1.29 is 22.4 Å². The van der Waals surface area contributed by atoms with Crippen LogP contribution in [0, 0.1) is 11.7 Å². The average molecular weight is 532 g/mol. The van der Waals surface area contributed by atoms with Crippen molar-refractivity contribution in [3.63, 3.8) is 0 Å². The van der Waals surface area contributed by atoms with Crippen molar-refractivity contribution in [2.75, 3.05) is 23.7 Å². The van der Waals surface area contributed by atoms with Crippen molar-refractivity contribution in [1.82, 2.24) is 10.2 Å². The number of nitrogens with zero attached hydrogens (tertiary/aromatic N) is 2. The fraction of sp³-hybridized carbons (Fsp3) is 0.391. The fourth-order valence-electron chi connectivity index (χ4n) is 3.14. The van der Waals surface area contributed by atoms with Gasteiger partial charge in [-0.3, -0.25) is 13.9 Å². The zero-order chi connectivity index (χ0) is 25.6. The van der Waals surface area contributed by atoms with Gasteiger partial charge in [-0.25, -0.2) is 12.8 Å². The molecular weight excluding hydrogens is 504 g/mol. The Hall–Kier alpha value is -2.36. The van der Waals surface area contributed by atoms with Gasteiger partial charge in [0.1, 0.15) is 18.4 Å². The molecule has 0 saturated heterocycles. The lowest BCUT2D eigenvalue weighted by atomic mass is 10.1. The molecule has 1 atom stereocenters. The van der Waals surface area contributed by atoms with Gasteiger partial charge in [0, 0.05) is 28.7 Å². The number of para-hydroxylation sites is 1. The third-order valence-corrected chi connectivity index (χ3v) is 6.88. The molecule has 34 heavy (non-hydrogen) atoms. The van der Waals surface area contributed by atoms with E-state index in [1.807, 2.05) is 13.8 Å². The molecular formula is C23H28Cl2FN3O4S. The highest BCUT2D eigenvalue weighted by molar-refractivity contribution is 7.92. The fourth-order valence-corrected chi connectivity index (χ4v) is 4.50. The summed E-state index contributed by atoms with van der Waals surface area (Å²) < 4.78 is 40.0. The summed E-state index contributed by atoms with van der Waals surface area (Å²) in [7, 11) is -4.03. The van der Waals surface area contributed by atoms with Gasteiger partial charge in [0.25, 0.3) is 0 Å². The number of rotatable bonds is 10. The SMILES string of the molecule is CC(C)CNC(=O)[C@@H](C)N(Cc1c(Cl)cccc1Cl)C(=O)CN(c1ccccc1F)S(C)(=O)=O. The van der Waals surface area contributed by atoms with Crippen molar-refractivity contribution >= 4 is 50.7 Å². The highest BCUT2D eigenvalue weighted by Crippen LogP contribution is 2.27. The molecule has 2 aromatic rings. The number of benzene rings is 2. The largest absolute Gasteiger partial charge is 0.354 e. The van der Waals surface area contributed by atoms with Crippen molar-refractivity contribution in [2.45, 2.75) is 33.4 Å². The van der Waals surface area contributed by atoms with E-state index < -0.39 is 40.2 Å². The molecule has 11 heteroatoms. The van der Waals surface area contributed by atoms with E-state index in [1.54, 1.807) is 18.2 Å². The first-order chi connectivity index (χ1) is 15.8. The van der Waals surface area contributed by atoms with Crippen LogP contribution in [0.15, 0.2) is 42.5 Å². The lowest BCUT2D eigenvalue weighted by molar-refractivity contribution is -0.139. The second kappa shape index (κ2) is 11.9. The standard InChI is InChI=1S/C23H28Cl2FN3O4S/c1-15(2)12-27-23(31)16(3)28(13-17-18(24)8-7-9-19(17)25)22(30)14-29(34(4,32)33)21-11-6-5-10-20(21)26/h5-11,15-16H,12-14H2,1-4H3,(H,27,31)/t16-/m1/s1. The van der Waals surface area contributed by atoms with Crippen LogP contribution in [0.3, 0.4) is 0 Å². The van der Waals surface area contributed by atoms with Crippen LogP contribution in [0.5, 0.6) is 0 Å². The molecule has 0 radical (unpaired) electrons. The molecule has 0 heterocycles. The Labute approximate surface area is 209 Å². The highest BCUT2D eigenvalue weighted by Gasteiger charge is 2.31. The predicted octanol–water partition coefficient (Wildman–Crippen LogP) is 4.09. The number of sulfonamides is 1. The predicted molar refractivity (Wildman–Crippen MR) is 133 cm³/mol. The molecule has 0 fully saturated rings. The molecule has 2 amide bonds. The summed E-state index contributed by atoms with van der Waals surface area (Å²) in [6.07, 6.45) is 0.876. The minimum atomic E-state index is -4.03. The van der Waals surface area contributed by atoms with Gasteiger partial charge in [0.2, 0.25) is 21.8 Å². The van der Waals surface area contributed by atoms with Crippen molar-refractivity contribution in [3.8, 4) is 0 Å². The Balaban J connectivity index is 2.44. The molecule has 2 aromatic carbocycles. The lowest BCUT2D eigenvalue weighted by Crippen LogP contribution is -2.51. The molecule has 0 aromatic heterocycles. The molecule has 0 aliphatic carbocycles. The summed E-state index contributed by atoms with van der Waals surface area (Å²) in [4.78, 5) is 27.4. The Kier molecular flexibility index (Phi) is 9.73. The maximum atomic E-state index is 14.4. The second-order valence-electron chi connectivity index (χ2n) is 8.26. The number of hydrogen-bond donors (Lipinski definition) is 1. The second-order valence-corrected chi connectivity index (χ2v) is 11.0. The first kappa shape index (κ1) is 27.9. The van der Waals surface area contributed by atoms with Gasteiger partial charge < -0.3 is 10.2 Å². The van der Waals surface area contributed by atoms with Crippen molar-refractivity contribution in [3.05, 3.63) is 63.9 Å². The van der Waals surface area contributed by atoms with Crippen LogP contribution in [0.1, 0.15) is 26.3 Å². The van der Waals surface area contributed by atoms with Crippen LogP contribution < -0.4 is 9.62 Å². The van der Waals surface area contributed by atoms with Gasteiger partial charge in [-0.15, -0.1) is 0 Å². The normalized spacial score (nSPS) is 12.4. The average Bonchev–Trinajstić information content (AvgIpc) is 2.75. The van der Waals surface area contributed by atoms with Gasteiger partial charge in [-0.1, -0.05) is 55.2 Å².